The van der Waals surface area contributed by atoms with Gasteiger partial charge in [-0.05, 0) is 57.6 Å². The monoisotopic (exact) mass is 428 g/mol. The Morgan fingerprint density at radius 1 is 1.28 bits per heavy atom. The molecule has 1 aliphatic rings. The first-order chi connectivity index (χ1) is 13.6. The lowest BCUT2D eigenvalue weighted by Crippen LogP contribution is -2.41. The predicted octanol–water partition coefficient (Wildman–Crippen LogP) is 3.76. The van der Waals surface area contributed by atoms with Gasteiger partial charge in [-0.1, -0.05) is 0 Å². The van der Waals surface area contributed by atoms with Crippen LogP contribution in [0, 0.1) is 11.7 Å². The van der Waals surface area contributed by atoms with Crippen molar-refractivity contribution in [2.24, 2.45) is 5.92 Å². The molecule has 1 heterocycles. The van der Waals surface area contributed by atoms with Crippen molar-refractivity contribution in [1.29, 1.82) is 0 Å². The standard InChI is InChI=1S/C20H23F3N2O3S/c1-20(2,27)13-3-5-14(6-4-13)25-18(26)12-7-11-8-15(21)17(29(28)19(22)23)9-16(11)24-10-12/h7-10,13-14,19,27H,3-6H2,1-2H3,(H,25,26). The Balaban J connectivity index is 1.72. The van der Waals surface area contributed by atoms with Crippen LogP contribution in [0.3, 0.4) is 0 Å². The number of hydrogen-bond donors (Lipinski definition) is 2. The van der Waals surface area contributed by atoms with Crippen LogP contribution in [-0.4, -0.2) is 38.0 Å². The first kappa shape index (κ1) is 21.9. The molecule has 0 saturated heterocycles. The van der Waals surface area contributed by atoms with Crippen molar-refractivity contribution >= 4 is 28.0 Å². The van der Waals surface area contributed by atoms with Gasteiger partial charge in [0.15, 0.2) is 10.7 Å². The van der Waals surface area contributed by atoms with E-state index < -0.39 is 33.2 Å². The molecule has 0 bridgehead atoms. The SMILES string of the molecule is CC(C)(O)C1CCC(NC(=O)c2cnc3cc([S+]([O-])C(F)F)c(F)cc3c2)CC1. The fraction of sp³-hybridized carbons (Fsp3) is 0.500. The van der Waals surface area contributed by atoms with Crippen molar-refractivity contribution in [3.8, 4) is 0 Å². The molecule has 3 rings (SSSR count). The highest BCUT2D eigenvalue weighted by Gasteiger charge is 2.32. The quantitative estimate of drug-likeness (QED) is 0.710. The number of hydrogen-bond acceptors (Lipinski definition) is 4. The van der Waals surface area contributed by atoms with E-state index in [0.29, 0.717) is 0 Å². The fourth-order valence-electron chi connectivity index (χ4n) is 3.72. The van der Waals surface area contributed by atoms with Crippen LogP contribution in [0.5, 0.6) is 0 Å². The van der Waals surface area contributed by atoms with Gasteiger partial charge in [0.1, 0.15) is 0 Å². The minimum Gasteiger partial charge on any atom is -0.607 e. The van der Waals surface area contributed by atoms with Gasteiger partial charge >= 0.3 is 5.76 Å². The first-order valence-electron chi connectivity index (χ1n) is 9.37. The lowest BCUT2D eigenvalue weighted by molar-refractivity contribution is -0.00257. The van der Waals surface area contributed by atoms with E-state index in [1.807, 2.05) is 0 Å². The molecular formula is C20H23F3N2O3S. The van der Waals surface area contributed by atoms with Gasteiger partial charge < -0.3 is 15.0 Å². The minimum absolute atomic E-state index is 0.0237. The minimum atomic E-state index is -3.20. The van der Waals surface area contributed by atoms with Crippen LogP contribution in [0.1, 0.15) is 49.9 Å². The molecule has 1 fully saturated rings. The van der Waals surface area contributed by atoms with Crippen molar-refractivity contribution in [2.75, 3.05) is 0 Å². The zero-order valence-electron chi connectivity index (χ0n) is 16.1. The Hall–Kier alpha value is -1.84. The van der Waals surface area contributed by atoms with Crippen molar-refractivity contribution in [3.05, 3.63) is 35.8 Å². The van der Waals surface area contributed by atoms with Crippen LogP contribution < -0.4 is 5.32 Å². The molecule has 2 N–H and O–H groups in total. The number of rotatable bonds is 5. The second-order valence-electron chi connectivity index (χ2n) is 7.93. The van der Waals surface area contributed by atoms with E-state index in [4.69, 9.17) is 0 Å². The highest BCUT2D eigenvalue weighted by molar-refractivity contribution is 7.91. The van der Waals surface area contributed by atoms with Crippen LogP contribution in [0.15, 0.2) is 29.3 Å². The number of benzene rings is 1. The molecule has 1 aromatic carbocycles. The van der Waals surface area contributed by atoms with Crippen molar-refractivity contribution in [2.45, 2.75) is 61.8 Å². The molecule has 158 valence electrons. The van der Waals surface area contributed by atoms with Gasteiger partial charge in [-0.2, -0.15) is 8.78 Å². The number of amides is 1. The Labute approximate surface area is 169 Å². The van der Waals surface area contributed by atoms with Crippen LogP contribution in [0.2, 0.25) is 0 Å². The Kier molecular flexibility index (Phi) is 6.40. The lowest BCUT2D eigenvalue weighted by Gasteiger charge is -2.36. The summed E-state index contributed by atoms with van der Waals surface area (Å²) in [5.41, 5.74) is -0.337. The summed E-state index contributed by atoms with van der Waals surface area (Å²) in [4.78, 5) is 16.0. The van der Waals surface area contributed by atoms with E-state index in [-0.39, 0.29) is 34.3 Å². The van der Waals surface area contributed by atoms with Crippen molar-refractivity contribution in [3.63, 3.8) is 0 Å². The van der Waals surface area contributed by atoms with Gasteiger partial charge in [-0.3, -0.25) is 9.78 Å². The second kappa shape index (κ2) is 8.49. The van der Waals surface area contributed by atoms with Crippen LogP contribution >= 0.6 is 0 Å². The molecule has 0 spiro atoms. The number of nitrogens with zero attached hydrogens (tertiary/aromatic N) is 1. The molecule has 2 aromatic rings. The summed E-state index contributed by atoms with van der Waals surface area (Å²) < 4.78 is 50.8. The van der Waals surface area contributed by atoms with Gasteiger partial charge in [-0.15, -0.1) is 0 Å². The molecular weight excluding hydrogens is 405 g/mol. The fourth-order valence-corrected chi connectivity index (χ4v) is 4.39. The number of nitrogens with one attached hydrogen (secondary N) is 1. The Bertz CT molecular complexity index is 896. The Morgan fingerprint density at radius 3 is 2.52 bits per heavy atom. The largest absolute Gasteiger partial charge is 0.607 e. The highest BCUT2D eigenvalue weighted by atomic mass is 32.2. The zero-order valence-corrected chi connectivity index (χ0v) is 16.9. The summed E-state index contributed by atoms with van der Waals surface area (Å²) in [5.74, 6) is -4.39. The number of aliphatic hydroxyl groups is 1. The zero-order chi connectivity index (χ0) is 21.3. The smallest absolute Gasteiger partial charge is 0.402 e. The number of pyridine rings is 1. The molecule has 0 radical (unpaired) electrons. The van der Waals surface area contributed by atoms with E-state index in [9.17, 15) is 27.6 Å². The predicted molar refractivity (Wildman–Crippen MR) is 104 cm³/mol. The summed E-state index contributed by atoms with van der Waals surface area (Å²) in [7, 11) is 0. The van der Waals surface area contributed by atoms with E-state index in [0.717, 1.165) is 37.8 Å². The second-order valence-corrected chi connectivity index (χ2v) is 9.32. The van der Waals surface area contributed by atoms with Crippen LogP contribution in [-0.2, 0) is 11.2 Å². The normalized spacial score (nSPS) is 21.4. The molecule has 1 aliphatic carbocycles. The molecule has 1 amide bonds. The number of carbonyl (C=O) groups excluding carboxylic acids is 1. The van der Waals surface area contributed by atoms with Crippen molar-refractivity contribution < 1.29 is 27.6 Å². The molecule has 9 heteroatoms. The van der Waals surface area contributed by atoms with E-state index in [1.54, 1.807) is 13.8 Å². The summed E-state index contributed by atoms with van der Waals surface area (Å²) in [5, 5.41) is 13.3. The summed E-state index contributed by atoms with van der Waals surface area (Å²) >= 11 is -2.78. The summed E-state index contributed by atoms with van der Waals surface area (Å²) in [6.07, 6.45) is 4.39. The van der Waals surface area contributed by atoms with E-state index >= 15 is 0 Å². The molecule has 0 aliphatic heterocycles. The number of carbonyl (C=O) groups is 1. The van der Waals surface area contributed by atoms with Gasteiger partial charge in [-0.25, -0.2) is 4.39 Å². The molecule has 29 heavy (non-hydrogen) atoms. The van der Waals surface area contributed by atoms with Crippen LogP contribution in [0.25, 0.3) is 10.9 Å². The maximum atomic E-state index is 14.1. The number of alkyl halides is 2. The topological polar surface area (TPSA) is 85.3 Å². The van der Waals surface area contributed by atoms with Gasteiger partial charge in [0, 0.05) is 23.7 Å². The highest BCUT2D eigenvalue weighted by Crippen LogP contribution is 2.32. The first-order valence-corrected chi connectivity index (χ1v) is 10.6. The van der Waals surface area contributed by atoms with E-state index in [1.165, 1.54) is 12.3 Å². The molecule has 1 aromatic heterocycles. The number of halogens is 3. The third kappa shape index (κ3) is 5.02. The summed E-state index contributed by atoms with van der Waals surface area (Å²) in [6, 6.07) is 3.39. The molecule has 1 atom stereocenters. The van der Waals surface area contributed by atoms with Crippen molar-refractivity contribution in [1.82, 2.24) is 10.3 Å². The third-order valence-corrected chi connectivity index (χ3v) is 6.51. The lowest BCUT2D eigenvalue weighted by atomic mass is 9.77. The number of aromatic nitrogens is 1. The molecule has 1 unspecified atom stereocenters. The summed E-state index contributed by atoms with van der Waals surface area (Å²) in [6.45, 7) is 3.58. The van der Waals surface area contributed by atoms with Gasteiger partial charge in [0.2, 0.25) is 0 Å². The van der Waals surface area contributed by atoms with Gasteiger partial charge in [0.25, 0.3) is 5.91 Å². The maximum Gasteiger partial charge on any atom is 0.402 e. The number of fused-ring (bicyclic) bond motifs is 1. The average molecular weight is 428 g/mol. The van der Waals surface area contributed by atoms with Gasteiger partial charge in [0.05, 0.1) is 27.9 Å². The molecule has 1 saturated carbocycles. The average Bonchev–Trinajstić information content (AvgIpc) is 2.66. The Morgan fingerprint density at radius 2 is 1.93 bits per heavy atom. The maximum absolute atomic E-state index is 14.1. The van der Waals surface area contributed by atoms with E-state index in [2.05, 4.69) is 10.3 Å². The molecule has 5 nitrogen and oxygen atoms in total. The third-order valence-electron chi connectivity index (χ3n) is 5.44. The van der Waals surface area contributed by atoms with Crippen LogP contribution in [0.4, 0.5) is 13.2 Å².